The highest BCUT2D eigenvalue weighted by atomic mass is 19.3. The second-order valence-corrected chi connectivity index (χ2v) is 8.33. The van der Waals surface area contributed by atoms with Gasteiger partial charge in [0.05, 0.1) is 6.20 Å². The van der Waals surface area contributed by atoms with E-state index in [1.807, 2.05) is 18.3 Å². The molecule has 0 radical (unpaired) electrons. The zero-order valence-corrected chi connectivity index (χ0v) is 18.0. The predicted octanol–water partition coefficient (Wildman–Crippen LogP) is 5.83. The van der Waals surface area contributed by atoms with Crippen LogP contribution in [-0.4, -0.2) is 26.6 Å². The third-order valence-corrected chi connectivity index (χ3v) is 6.09. The first kappa shape index (κ1) is 21.4. The van der Waals surface area contributed by atoms with Gasteiger partial charge >= 0.3 is 0 Å². The molecule has 0 aliphatic heterocycles. The molecular formula is C24H28F2N4O. The van der Waals surface area contributed by atoms with Gasteiger partial charge in [0.2, 0.25) is 11.8 Å². The number of nitrogens with zero attached hydrogens (tertiary/aromatic N) is 3. The van der Waals surface area contributed by atoms with Gasteiger partial charge in [-0.2, -0.15) is 5.10 Å². The van der Waals surface area contributed by atoms with Crippen LogP contribution in [0.1, 0.15) is 51.6 Å². The summed E-state index contributed by atoms with van der Waals surface area (Å²) in [5.74, 6) is -2.81. The number of fused-ring (bicyclic) bond motifs is 1. The van der Waals surface area contributed by atoms with E-state index in [0.717, 1.165) is 41.3 Å². The maximum absolute atomic E-state index is 13.4. The first-order valence-corrected chi connectivity index (χ1v) is 11.0. The van der Waals surface area contributed by atoms with E-state index in [2.05, 4.69) is 46.1 Å². The molecule has 31 heavy (non-hydrogen) atoms. The summed E-state index contributed by atoms with van der Waals surface area (Å²) < 4.78 is 28.8. The summed E-state index contributed by atoms with van der Waals surface area (Å²) in [5, 5.41) is 9.30. The maximum Gasteiger partial charge on any atom is 0.248 e. The van der Waals surface area contributed by atoms with Crippen LogP contribution in [0.3, 0.4) is 0 Å². The summed E-state index contributed by atoms with van der Waals surface area (Å²) in [6, 6.07) is 8.01. The quantitative estimate of drug-likeness (QED) is 0.539. The van der Waals surface area contributed by atoms with Crippen LogP contribution >= 0.6 is 0 Å². The van der Waals surface area contributed by atoms with Gasteiger partial charge in [0.15, 0.2) is 0 Å². The number of rotatable bonds is 6. The molecule has 4 rings (SSSR count). The Morgan fingerprint density at radius 1 is 1.16 bits per heavy atom. The fourth-order valence-electron chi connectivity index (χ4n) is 4.34. The number of nitrogens with one attached hydrogen (secondary N) is 1. The molecule has 1 aliphatic carbocycles. The number of aromatic nitrogens is 3. The molecule has 5 nitrogen and oxygen atoms in total. The molecule has 0 saturated heterocycles. The van der Waals surface area contributed by atoms with Crippen molar-refractivity contribution < 1.29 is 13.6 Å². The summed E-state index contributed by atoms with van der Waals surface area (Å²) in [6.07, 6.45) is 5.51. The molecule has 0 atom stereocenters. The van der Waals surface area contributed by atoms with Crippen molar-refractivity contribution in [1.82, 2.24) is 14.8 Å². The zero-order chi connectivity index (χ0) is 22.0. The van der Waals surface area contributed by atoms with Crippen molar-refractivity contribution in [2.45, 2.75) is 64.8 Å². The normalized spacial score (nSPS) is 16.5. The first-order valence-electron chi connectivity index (χ1n) is 11.0. The second kappa shape index (κ2) is 8.73. The number of halogens is 2. The summed E-state index contributed by atoms with van der Waals surface area (Å²) in [7, 11) is 0. The Morgan fingerprint density at radius 2 is 1.94 bits per heavy atom. The second-order valence-electron chi connectivity index (χ2n) is 8.33. The first-order chi connectivity index (χ1) is 14.9. The minimum Gasteiger partial charge on any atom is -0.310 e. The third kappa shape index (κ3) is 4.60. The lowest BCUT2D eigenvalue weighted by Crippen LogP contribution is -2.32. The number of alkyl halides is 2. The molecule has 2 heterocycles. The van der Waals surface area contributed by atoms with Gasteiger partial charge in [-0.15, -0.1) is 0 Å². The molecule has 1 amide bonds. The number of carbonyl (C=O) groups is 1. The molecule has 1 fully saturated rings. The van der Waals surface area contributed by atoms with Gasteiger partial charge in [-0.25, -0.2) is 13.8 Å². The lowest BCUT2D eigenvalue weighted by atomic mass is 9.86. The molecule has 3 aromatic rings. The van der Waals surface area contributed by atoms with Crippen LogP contribution in [0.15, 0.2) is 36.7 Å². The largest absolute Gasteiger partial charge is 0.310 e. The Hall–Kier alpha value is -2.83. The van der Waals surface area contributed by atoms with Crippen LogP contribution in [0.25, 0.3) is 21.9 Å². The van der Waals surface area contributed by atoms with Gasteiger partial charge in [-0.1, -0.05) is 26.0 Å². The van der Waals surface area contributed by atoms with Crippen LogP contribution in [0.5, 0.6) is 0 Å². The molecule has 0 unspecified atom stereocenters. The number of pyridine rings is 1. The van der Waals surface area contributed by atoms with E-state index >= 15 is 0 Å². The standard InChI is InChI=1S/C24H28F2N4O/c1-3-11-30-21(4-2)20(15-28-30)17-5-6-18-14-27-22(13-19(18)12-17)29-23(31)16-7-9-24(25,26)10-8-16/h5-6,12-16H,3-4,7-11H2,1-2H3,(H,27,29,31). The molecule has 1 aromatic carbocycles. The molecule has 0 spiro atoms. The van der Waals surface area contributed by atoms with Crippen molar-refractivity contribution in [2.75, 3.05) is 5.32 Å². The highest BCUT2D eigenvalue weighted by molar-refractivity contribution is 5.95. The van der Waals surface area contributed by atoms with E-state index in [4.69, 9.17) is 0 Å². The third-order valence-electron chi connectivity index (χ3n) is 6.09. The van der Waals surface area contributed by atoms with Gasteiger partial charge in [0.25, 0.3) is 0 Å². The summed E-state index contributed by atoms with van der Waals surface area (Å²) in [6.45, 7) is 5.16. The average molecular weight is 427 g/mol. The molecule has 1 aliphatic rings. The monoisotopic (exact) mass is 426 g/mol. The lowest BCUT2D eigenvalue weighted by Gasteiger charge is -2.27. The fourth-order valence-corrected chi connectivity index (χ4v) is 4.34. The van der Waals surface area contributed by atoms with Crippen molar-refractivity contribution >= 4 is 22.5 Å². The number of benzene rings is 1. The maximum atomic E-state index is 13.4. The SMILES string of the molecule is CCCn1ncc(-c2ccc3cnc(NC(=O)C4CCC(F)(F)CC4)cc3c2)c1CC. The van der Waals surface area contributed by atoms with Crippen molar-refractivity contribution in [2.24, 2.45) is 5.92 Å². The smallest absolute Gasteiger partial charge is 0.248 e. The van der Waals surface area contributed by atoms with E-state index in [9.17, 15) is 13.6 Å². The average Bonchev–Trinajstić information content (AvgIpc) is 3.16. The van der Waals surface area contributed by atoms with Crippen LogP contribution in [0.4, 0.5) is 14.6 Å². The summed E-state index contributed by atoms with van der Waals surface area (Å²) >= 11 is 0. The van der Waals surface area contributed by atoms with Crippen molar-refractivity contribution in [1.29, 1.82) is 0 Å². The highest BCUT2D eigenvalue weighted by Gasteiger charge is 2.37. The Labute approximate surface area is 180 Å². The van der Waals surface area contributed by atoms with Crippen molar-refractivity contribution in [3.05, 3.63) is 42.4 Å². The number of carbonyl (C=O) groups excluding carboxylic acids is 1. The van der Waals surface area contributed by atoms with Crippen LogP contribution < -0.4 is 5.32 Å². The van der Waals surface area contributed by atoms with Crippen LogP contribution in [0, 0.1) is 5.92 Å². The van der Waals surface area contributed by atoms with Crippen LogP contribution in [0.2, 0.25) is 0 Å². The van der Waals surface area contributed by atoms with Gasteiger partial charge in [0.1, 0.15) is 5.82 Å². The minimum atomic E-state index is -2.64. The molecule has 0 bridgehead atoms. The van der Waals surface area contributed by atoms with Crippen molar-refractivity contribution in [3.63, 3.8) is 0 Å². The highest BCUT2D eigenvalue weighted by Crippen LogP contribution is 2.36. The Kier molecular flexibility index (Phi) is 6.03. The molecule has 7 heteroatoms. The van der Waals surface area contributed by atoms with E-state index in [-0.39, 0.29) is 37.5 Å². The number of anilines is 1. The fraction of sp³-hybridized carbons (Fsp3) is 0.458. The zero-order valence-electron chi connectivity index (χ0n) is 18.0. The number of aryl methyl sites for hydroxylation is 1. The molecule has 164 valence electrons. The molecule has 2 aromatic heterocycles. The Balaban J connectivity index is 1.56. The summed E-state index contributed by atoms with van der Waals surface area (Å²) in [5.41, 5.74) is 3.39. The molecule has 1 N–H and O–H groups in total. The van der Waals surface area contributed by atoms with E-state index in [1.165, 1.54) is 5.69 Å². The Morgan fingerprint density at radius 3 is 2.65 bits per heavy atom. The number of hydrogen-bond donors (Lipinski definition) is 1. The van der Waals surface area contributed by atoms with Gasteiger partial charge in [0, 0.05) is 48.1 Å². The number of hydrogen-bond acceptors (Lipinski definition) is 3. The van der Waals surface area contributed by atoms with Crippen molar-refractivity contribution in [3.8, 4) is 11.1 Å². The molecule has 1 saturated carbocycles. The van der Waals surface area contributed by atoms with E-state index in [1.54, 1.807) is 6.20 Å². The topological polar surface area (TPSA) is 59.8 Å². The molecular weight excluding hydrogens is 398 g/mol. The van der Waals surface area contributed by atoms with E-state index in [0.29, 0.717) is 5.82 Å². The van der Waals surface area contributed by atoms with Crippen LogP contribution in [-0.2, 0) is 17.8 Å². The Bertz CT molecular complexity index is 1080. The predicted molar refractivity (Wildman–Crippen MR) is 118 cm³/mol. The lowest BCUT2D eigenvalue weighted by molar-refractivity contribution is -0.124. The van der Waals surface area contributed by atoms with Gasteiger partial charge in [-0.3, -0.25) is 9.48 Å². The van der Waals surface area contributed by atoms with Gasteiger partial charge < -0.3 is 5.32 Å². The number of amides is 1. The van der Waals surface area contributed by atoms with Gasteiger partial charge in [-0.05, 0) is 48.8 Å². The minimum absolute atomic E-state index is 0.206. The van der Waals surface area contributed by atoms with E-state index < -0.39 is 5.92 Å². The summed E-state index contributed by atoms with van der Waals surface area (Å²) in [4.78, 5) is 16.9.